The van der Waals surface area contributed by atoms with E-state index in [4.69, 9.17) is 10.00 Å². The maximum atomic E-state index is 11.8. The van der Waals surface area contributed by atoms with Crippen molar-refractivity contribution < 1.29 is 14.3 Å². The molecule has 1 aromatic rings. The zero-order valence-electron chi connectivity index (χ0n) is 13.0. The second-order valence-electron chi connectivity index (χ2n) is 5.56. The van der Waals surface area contributed by atoms with Crippen molar-refractivity contribution in [3.05, 3.63) is 30.3 Å². The molecule has 2 rings (SSSR count). The largest absolute Gasteiger partial charge is 0.484 e. The van der Waals surface area contributed by atoms with Crippen LogP contribution in [0.1, 0.15) is 19.3 Å². The van der Waals surface area contributed by atoms with Crippen LogP contribution in [0.5, 0.6) is 5.75 Å². The number of nitriles is 1. The smallest absolute Gasteiger partial charge is 0.257 e. The van der Waals surface area contributed by atoms with Gasteiger partial charge < -0.3 is 15.0 Å². The van der Waals surface area contributed by atoms with E-state index in [1.54, 1.807) is 17.0 Å². The Hall–Kier alpha value is -2.55. The fourth-order valence-corrected chi connectivity index (χ4v) is 2.54. The van der Waals surface area contributed by atoms with Gasteiger partial charge in [-0.2, -0.15) is 5.26 Å². The van der Waals surface area contributed by atoms with Gasteiger partial charge in [-0.25, -0.2) is 0 Å². The van der Waals surface area contributed by atoms with Gasteiger partial charge in [0, 0.05) is 19.6 Å². The van der Waals surface area contributed by atoms with Crippen LogP contribution >= 0.6 is 0 Å². The van der Waals surface area contributed by atoms with Crippen molar-refractivity contribution in [3.63, 3.8) is 0 Å². The number of hydrogen-bond donors (Lipinski definition) is 1. The summed E-state index contributed by atoms with van der Waals surface area (Å²) >= 11 is 0. The van der Waals surface area contributed by atoms with Crippen LogP contribution in [0.15, 0.2) is 30.3 Å². The minimum Gasteiger partial charge on any atom is -0.484 e. The molecule has 1 fully saturated rings. The lowest BCUT2D eigenvalue weighted by atomic mass is 9.96. The Morgan fingerprint density at radius 3 is 2.61 bits per heavy atom. The van der Waals surface area contributed by atoms with Crippen LogP contribution in [0.25, 0.3) is 0 Å². The first-order valence-electron chi connectivity index (χ1n) is 7.78. The third kappa shape index (κ3) is 5.62. The first-order chi connectivity index (χ1) is 11.2. The Balaban J connectivity index is 1.62. The maximum absolute atomic E-state index is 11.8. The molecule has 1 aromatic carbocycles. The fraction of sp³-hybridized carbons (Fsp3) is 0.471. The number of ether oxygens (including phenoxy) is 1. The van der Waals surface area contributed by atoms with E-state index < -0.39 is 0 Å². The molecule has 1 N–H and O–H groups in total. The summed E-state index contributed by atoms with van der Waals surface area (Å²) in [5.74, 6) is 0.789. The summed E-state index contributed by atoms with van der Waals surface area (Å²) < 4.78 is 5.39. The second-order valence-corrected chi connectivity index (χ2v) is 5.56. The average molecular weight is 315 g/mol. The summed E-state index contributed by atoms with van der Waals surface area (Å²) in [5.41, 5.74) is 0. The standard InChI is InChI=1S/C17H21N3O3/c18-9-6-17(22)20-10-7-14(8-11-20)12-19-16(21)13-23-15-4-2-1-3-5-15/h1-5,14H,6-8,10-13H2,(H,19,21). The molecule has 0 atom stereocenters. The molecule has 1 saturated heterocycles. The van der Waals surface area contributed by atoms with Crippen LogP contribution in [0.2, 0.25) is 0 Å². The molecule has 2 amide bonds. The quantitative estimate of drug-likeness (QED) is 0.858. The Labute approximate surface area is 136 Å². The lowest BCUT2D eigenvalue weighted by Crippen LogP contribution is -2.42. The highest BCUT2D eigenvalue weighted by Gasteiger charge is 2.22. The van der Waals surface area contributed by atoms with E-state index in [1.165, 1.54) is 0 Å². The molecule has 1 aliphatic heterocycles. The van der Waals surface area contributed by atoms with Crippen molar-refractivity contribution in [1.29, 1.82) is 5.26 Å². The Morgan fingerprint density at radius 1 is 1.26 bits per heavy atom. The van der Waals surface area contributed by atoms with E-state index in [9.17, 15) is 9.59 Å². The van der Waals surface area contributed by atoms with Gasteiger partial charge in [0.15, 0.2) is 6.61 Å². The Morgan fingerprint density at radius 2 is 1.96 bits per heavy atom. The highest BCUT2D eigenvalue weighted by Crippen LogP contribution is 2.17. The van der Waals surface area contributed by atoms with Gasteiger partial charge in [0.05, 0.1) is 6.07 Å². The van der Waals surface area contributed by atoms with Gasteiger partial charge in [-0.15, -0.1) is 0 Å². The number of para-hydroxylation sites is 1. The number of nitrogens with zero attached hydrogens (tertiary/aromatic N) is 2. The Kier molecular flexibility index (Phi) is 6.42. The third-order valence-electron chi connectivity index (χ3n) is 3.90. The summed E-state index contributed by atoms with van der Waals surface area (Å²) in [6.45, 7) is 1.91. The van der Waals surface area contributed by atoms with Gasteiger partial charge in [-0.3, -0.25) is 9.59 Å². The van der Waals surface area contributed by atoms with Crippen molar-refractivity contribution in [2.75, 3.05) is 26.2 Å². The van der Waals surface area contributed by atoms with Gasteiger partial charge >= 0.3 is 0 Å². The lowest BCUT2D eigenvalue weighted by molar-refractivity contribution is -0.131. The third-order valence-corrected chi connectivity index (χ3v) is 3.90. The molecule has 1 heterocycles. The van der Waals surface area contributed by atoms with E-state index in [0.29, 0.717) is 31.3 Å². The molecule has 0 aromatic heterocycles. The number of nitrogens with one attached hydrogen (secondary N) is 1. The number of piperidine rings is 1. The predicted octanol–water partition coefficient (Wildman–Crippen LogP) is 1.33. The molecule has 6 heteroatoms. The van der Waals surface area contributed by atoms with Gasteiger partial charge in [0.2, 0.25) is 5.91 Å². The highest BCUT2D eigenvalue weighted by atomic mass is 16.5. The molecule has 0 radical (unpaired) electrons. The van der Waals surface area contributed by atoms with Crippen LogP contribution in [0.4, 0.5) is 0 Å². The van der Waals surface area contributed by atoms with Gasteiger partial charge in [0.25, 0.3) is 5.91 Å². The summed E-state index contributed by atoms with van der Waals surface area (Å²) in [7, 11) is 0. The van der Waals surface area contributed by atoms with Crippen molar-refractivity contribution in [2.45, 2.75) is 19.3 Å². The number of amides is 2. The van der Waals surface area contributed by atoms with Crippen LogP contribution < -0.4 is 10.1 Å². The van der Waals surface area contributed by atoms with Crippen molar-refractivity contribution in [1.82, 2.24) is 10.2 Å². The molecule has 1 aliphatic rings. The number of carbonyl (C=O) groups is 2. The number of likely N-dealkylation sites (tertiary alicyclic amines) is 1. The van der Waals surface area contributed by atoms with Crippen molar-refractivity contribution in [2.24, 2.45) is 5.92 Å². The van der Waals surface area contributed by atoms with Crippen LogP contribution in [-0.4, -0.2) is 43.0 Å². The van der Waals surface area contributed by atoms with E-state index in [2.05, 4.69) is 5.32 Å². The SMILES string of the molecule is N#CCC(=O)N1CCC(CNC(=O)COc2ccccc2)CC1. The molecule has 0 spiro atoms. The molecule has 23 heavy (non-hydrogen) atoms. The molecule has 0 aliphatic carbocycles. The minimum absolute atomic E-state index is 0.00349. The van der Waals surface area contributed by atoms with E-state index in [-0.39, 0.29) is 24.8 Å². The minimum atomic E-state index is -0.142. The number of carbonyl (C=O) groups excluding carboxylic acids is 2. The van der Waals surface area contributed by atoms with E-state index in [1.807, 2.05) is 24.3 Å². The lowest BCUT2D eigenvalue weighted by Gasteiger charge is -2.31. The first-order valence-corrected chi connectivity index (χ1v) is 7.78. The summed E-state index contributed by atoms with van der Waals surface area (Å²) in [6, 6.07) is 11.1. The number of rotatable bonds is 6. The maximum Gasteiger partial charge on any atom is 0.257 e. The molecule has 0 unspecified atom stereocenters. The van der Waals surface area contributed by atoms with E-state index in [0.717, 1.165) is 12.8 Å². The molecule has 0 bridgehead atoms. The average Bonchev–Trinajstić information content (AvgIpc) is 2.59. The zero-order chi connectivity index (χ0) is 16.5. The number of benzene rings is 1. The number of hydrogen-bond acceptors (Lipinski definition) is 4. The molecule has 122 valence electrons. The van der Waals surface area contributed by atoms with Crippen molar-refractivity contribution in [3.8, 4) is 11.8 Å². The molecular weight excluding hydrogens is 294 g/mol. The van der Waals surface area contributed by atoms with E-state index >= 15 is 0 Å². The van der Waals surface area contributed by atoms with Gasteiger partial charge in [-0.05, 0) is 30.9 Å². The summed E-state index contributed by atoms with van der Waals surface area (Å²) in [6.07, 6.45) is 1.63. The van der Waals surface area contributed by atoms with Crippen LogP contribution in [-0.2, 0) is 9.59 Å². The van der Waals surface area contributed by atoms with Gasteiger partial charge in [-0.1, -0.05) is 18.2 Å². The summed E-state index contributed by atoms with van der Waals surface area (Å²) in [4.78, 5) is 25.1. The Bertz CT molecular complexity index is 560. The normalized spacial score (nSPS) is 14.8. The van der Waals surface area contributed by atoms with Crippen molar-refractivity contribution >= 4 is 11.8 Å². The molecule has 6 nitrogen and oxygen atoms in total. The summed E-state index contributed by atoms with van der Waals surface area (Å²) in [5, 5.41) is 11.4. The predicted molar refractivity (Wildman–Crippen MR) is 84.5 cm³/mol. The zero-order valence-corrected chi connectivity index (χ0v) is 13.0. The monoisotopic (exact) mass is 315 g/mol. The van der Waals surface area contributed by atoms with Crippen LogP contribution in [0, 0.1) is 17.2 Å². The first kappa shape index (κ1) is 16.8. The second kappa shape index (κ2) is 8.79. The van der Waals surface area contributed by atoms with Crippen LogP contribution in [0.3, 0.4) is 0 Å². The molecule has 0 saturated carbocycles. The fourth-order valence-electron chi connectivity index (χ4n) is 2.54. The molecular formula is C17H21N3O3. The highest BCUT2D eigenvalue weighted by molar-refractivity contribution is 5.78. The topological polar surface area (TPSA) is 82.4 Å². The van der Waals surface area contributed by atoms with Gasteiger partial charge in [0.1, 0.15) is 12.2 Å².